The lowest BCUT2D eigenvalue weighted by Crippen LogP contribution is -2.35. The lowest BCUT2D eigenvalue weighted by molar-refractivity contribution is 0.0983. The molecule has 1 aromatic carbocycles. The molecule has 7 nitrogen and oxygen atoms in total. The van der Waals surface area contributed by atoms with Crippen LogP contribution in [-0.4, -0.2) is 28.3 Å². The Bertz CT molecular complexity index is 1070. The molecule has 0 atom stereocenters. The van der Waals surface area contributed by atoms with Gasteiger partial charge in [0.1, 0.15) is 0 Å². The van der Waals surface area contributed by atoms with Crippen LogP contribution < -0.4 is 15.8 Å². The number of aromatic amines is 1. The molecule has 0 bridgehead atoms. The van der Waals surface area contributed by atoms with Crippen LogP contribution in [0.3, 0.4) is 0 Å². The maximum atomic E-state index is 12.9. The van der Waals surface area contributed by atoms with E-state index in [1.165, 1.54) is 18.3 Å². The molecule has 2 amide bonds. The van der Waals surface area contributed by atoms with Crippen molar-refractivity contribution in [1.82, 2.24) is 9.97 Å². The molecule has 0 saturated heterocycles. The summed E-state index contributed by atoms with van der Waals surface area (Å²) in [6.07, 6.45) is 6.31. The second-order valence-electron chi connectivity index (χ2n) is 6.54. The summed E-state index contributed by atoms with van der Waals surface area (Å²) in [5, 5.41) is 2.82. The Balaban J connectivity index is 1.61. The van der Waals surface area contributed by atoms with Gasteiger partial charge in [-0.25, -0.2) is 0 Å². The van der Waals surface area contributed by atoms with E-state index in [2.05, 4.69) is 15.3 Å². The molecule has 3 aromatic rings. The average Bonchev–Trinajstić information content (AvgIpc) is 2.74. The SMILES string of the molecule is O=C(Nc1ccc2c(c1)N(C(=O)c1cccnc1)CCC2)c1ccc(=O)[nH]c1. The van der Waals surface area contributed by atoms with E-state index in [1.54, 1.807) is 29.4 Å². The van der Waals surface area contributed by atoms with Gasteiger partial charge in [-0.3, -0.25) is 19.4 Å². The van der Waals surface area contributed by atoms with Crippen LogP contribution in [0.1, 0.15) is 32.7 Å². The number of hydrogen-bond acceptors (Lipinski definition) is 4. The van der Waals surface area contributed by atoms with Crippen LogP contribution in [0.2, 0.25) is 0 Å². The normalized spacial score (nSPS) is 12.9. The second kappa shape index (κ2) is 7.48. The Morgan fingerprint density at radius 2 is 2.00 bits per heavy atom. The average molecular weight is 374 g/mol. The third-order valence-corrected chi connectivity index (χ3v) is 4.66. The number of aromatic nitrogens is 2. The fourth-order valence-electron chi connectivity index (χ4n) is 3.26. The van der Waals surface area contributed by atoms with E-state index < -0.39 is 0 Å². The smallest absolute Gasteiger partial charge is 0.259 e. The van der Waals surface area contributed by atoms with Crippen LogP contribution >= 0.6 is 0 Å². The van der Waals surface area contributed by atoms with E-state index in [0.717, 1.165) is 24.1 Å². The Hall–Kier alpha value is -3.74. The minimum atomic E-state index is -0.336. The largest absolute Gasteiger partial charge is 0.328 e. The number of H-pyrrole nitrogens is 1. The van der Waals surface area contributed by atoms with E-state index >= 15 is 0 Å². The van der Waals surface area contributed by atoms with Crippen molar-refractivity contribution < 1.29 is 9.59 Å². The molecule has 0 saturated carbocycles. The first kappa shape index (κ1) is 17.7. The minimum Gasteiger partial charge on any atom is -0.328 e. The van der Waals surface area contributed by atoms with Crippen molar-refractivity contribution in [3.8, 4) is 0 Å². The molecule has 4 rings (SSSR count). The molecule has 1 aliphatic heterocycles. The highest BCUT2D eigenvalue weighted by Gasteiger charge is 2.24. The van der Waals surface area contributed by atoms with Crippen LogP contribution in [0.4, 0.5) is 11.4 Å². The molecule has 7 heteroatoms. The zero-order valence-electron chi connectivity index (χ0n) is 15.0. The standard InChI is InChI=1S/C21H18N4O3/c26-19-8-6-15(13-23-19)20(27)24-17-7-5-14-4-2-10-25(18(14)11-17)21(28)16-3-1-9-22-12-16/h1,3,5-9,11-13H,2,4,10H2,(H,23,26)(H,24,27). The van der Waals surface area contributed by atoms with Crippen molar-refractivity contribution in [3.05, 3.63) is 88.1 Å². The first-order chi connectivity index (χ1) is 13.6. The van der Waals surface area contributed by atoms with Crippen LogP contribution in [0.25, 0.3) is 0 Å². The van der Waals surface area contributed by atoms with Crippen molar-refractivity contribution >= 4 is 23.2 Å². The van der Waals surface area contributed by atoms with Crippen molar-refractivity contribution in [3.63, 3.8) is 0 Å². The maximum Gasteiger partial charge on any atom is 0.259 e. The third kappa shape index (κ3) is 3.55. The second-order valence-corrected chi connectivity index (χ2v) is 6.54. The van der Waals surface area contributed by atoms with E-state index in [0.29, 0.717) is 23.4 Å². The fraction of sp³-hybridized carbons (Fsp3) is 0.143. The Labute approximate surface area is 161 Å². The molecule has 3 heterocycles. The van der Waals surface area contributed by atoms with E-state index in [-0.39, 0.29) is 17.4 Å². The number of rotatable bonds is 3. The van der Waals surface area contributed by atoms with E-state index in [1.807, 2.05) is 18.2 Å². The van der Waals surface area contributed by atoms with Gasteiger partial charge in [0.25, 0.3) is 11.8 Å². The maximum absolute atomic E-state index is 12.9. The molecule has 0 unspecified atom stereocenters. The lowest BCUT2D eigenvalue weighted by Gasteiger charge is -2.30. The number of fused-ring (bicyclic) bond motifs is 1. The number of nitrogens with zero attached hydrogens (tertiary/aromatic N) is 2. The number of anilines is 2. The van der Waals surface area contributed by atoms with E-state index in [9.17, 15) is 14.4 Å². The summed E-state index contributed by atoms with van der Waals surface area (Å²) in [5.74, 6) is -0.449. The zero-order valence-corrected chi connectivity index (χ0v) is 15.0. The summed E-state index contributed by atoms with van der Waals surface area (Å²) in [6, 6.07) is 11.8. The first-order valence-corrected chi connectivity index (χ1v) is 8.97. The number of carbonyl (C=O) groups excluding carboxylic acids is 2. The van der Waals surface area contributed by atoms with Gasteiger partial charge in [0.15, 0.2) is 0 Å². The third-order valence-electron chi connectivity index (χ3n) is 4.66. The molecular formula is C21H18N4O3. The van der Waals surface area contributed by atoms with Gasteiger partial charge < -0.3 is 15.2 Å². The van der Waals surface area contributed by atoms with Gasteiger partial charge in [-0.1, -0.05) is 6.07 Å². The molecular weight excluding hydrogens is 356 g/mol. The molecule has 1 aliphatic rings. The number of pyridine rings is 2. The van der Waals surface area contributed by atoms with Crippen LogP contribution in [0.15, 0.2) is 65.8 Å². The summed E-state index contributed by atoms with van der Waals surface area (Å²) in [6.45, 7) is 0.609. The lowest BCUT2D eigenvalue weighted by atomic mass is 10.00. The summed E-state index contributed by atoms with van der Waals surface area (Å²) in [4.78, 5) is 44.7. The zero-order chi connectivity index (χ0) is 19.5. The molecule has 0 radical (unpaired) electrons. The van der Waals surface area contributed by atoms with Gasteiger partial charge in [0.2, 0.25) is 5.56 Å². The van der Waals surface area contributed by atoms with Crippen LogP contribution in [0, 0.1) is 0 Å². The highest BCUT2D eigenvalue weighted by atomic mass is 16.2. The highest BCUT2D eigenvalue weighted by molar-refractivity contribution is 6.08. The highest BCUT2D eigenvalue weighted by Crippen LogP contribution is 2.31. The molecule has 0 aliphatic carbocycles. The topological polar surface area (TPSA) is 95.2 Å². The number of benzene rings is 1. The van der Waals surface area contributed by atoms with Gasteiger partial charge in [0, 0.05) is 42.6 Å². The summed E-state index contributed by atoms with van der Waals surface area (Å²) in [5.41, 5.74) is 3.04. The number of aryl methyl sites for hydroxylation is 1. The predicted octanol–water partition coefficient (Wildman–Crippen LogP) is 2.62. The Morgan fingerprint density at radius 1 is 1.11 bits per heavy atom. The number of nitrogens with one attached hydrogen (secondary N) is 2. The first-order valence-electron chi connectivity index (χ1n) is 8.97. The Morgan fingerprint density at radius 3 is 2.75 bits per heavy atom. The van der Waals surface area contributed by atoms with Gasteiger partial charge in [-0.05, 0) is 48.7 Å². The van der Waals surface area contributed by atoms with Crippen LogP contribution in [0.5, 0.6) is 0 Å². The van der Waals surface area contributed by atoms with Gasteiger partial charge in [0.05, 0.1) is 11.1 Å². The summed E-state index contributed by atoms with van der Waals surface area (Å²) in [7, 11) is 0. The molecule has 28 heavy (non-hydrogen) atoms. The van der Waals surface area contributed by atoms with Crippen molar-refractivity contribution in [2.75, 3.05) is 16.8 Å². The number of carbonyl (C=O) groups is 2. The quantitative estimate of drug-likeness (QED) is 0.737. The van der Waals surface area contributed by atoms with Gasteiger partial charge in [-0.2, -0.15) is 0 Å². The number of hydrogen-bond donors (Lipinski definition) is 2. The molecule has 2 aromatic heterocycles. The van der Waals surface area contributed by atoms with Crippen molar-refractivity contribution in [2.45, 2.75) is 12.8 Å². The minimum absolute atomic E-state index is 0.113. The summed E-state index contributed by atoms with van der Waals surface area (Å²) >= 11 is 0. The summed E-state index contributed by atoms with van der Waals surface area (Å²) < 4.78 is 0. The molecule has 0 spiro atoms. The monoisotopic (exact) mass is 374 g/mol. The number of amides is 2. The van der Waals surface area contributed by atoms with Gasteiger partial charge >= 0.3 is 0 Å². The predicted molar refractivity (Wildman–Crippen MR) is 106 cm³/mol. The van der Waals surface area contributed by atoms with Crippen LogP contribution in [-0.2, 0) is 6.42 Å². The van der Waals surface area contributed by atoms with Crippen molar-refractivity contribution in [1.29, 1.82) is 0 Å². The fourth-order valence-corrected chi connectivity index (χ4v) is 3.26. The van der Waals surface area contributed by atoms with Gasteiger partial charge in [-0.15, -0.1) is 0 Å². The molecule has 140 valence electrons. The molecule has 0 fully saturated rings. The Kier molecular flexibility index (Phi) is 4.72. The van der Waals surface area contributed by atoms with Crippen molar-refractivity contribution in [2.24, 2.45) is 0 Å². The molecule has 2 N–H and O–H groups in total. The van der Waals surface area contributed by atoms with E-state index in [4.69, 9.17) is 0 Å².